The molecule has 0 radical (unpaired) electrons. The van der Waals surface area contributed by atoms with E-state index in [9.17, 15) is 14.7 Å². The first-order chi connectivity index (χ1) is 13.5. The molecule has 0 atom stereocenters. The molecule has 2 aromatic carbocycles. The first kappa shape index (κ1) is 21.5. The Morgan fingerprint density at radius 1 is 0.929 bits per heavy atom. The first-order valence-electron chi connectivity index (χ1n) is 8.61. The number of ether oxygens (including phenoxy) is 1. The van der Waals surface area contributed by atoms with Crippen molar-refractivity contribution in [1.82, 2.24) is 0 Å². The van der Waals surface area contributed by atoms with Gasteiger partial charge in [-0.1, -0.05) is 35.9 Å². The summed E-state index contributed by atoms with van der Waals surface area (Å²) in [7, 11) is 0. The van der Waals surface area contributed by atoms with E-state index < -0.39 is 11.9 Å². The summed E-state index contributed by atoms with van der Waals surface area (Å²) in [4.78, 5) is 37.6. The largest absolute Gasteiger partial charge is 0.478 e. The molecule has 0 aromatic heterocycles. The number of hydrogen-bond donors (Lipinski definition) is 2. The van der Waals surface area contributed by atoms with E-state index in [1.807, 2.05) is 18.2 Å². The minimum Gasteiger partial charge on any atom is -0.478 e. The minimum absolute atomic E-state index is 0.0120. The van der Waals surface area contributed by atoms with Gasteiger partial charge in [0.25, 0.3) is 0 Å². The van der Waals surface area contributed by atoms with Crippen molar-refractivity contribution in [2.45, 2.75) is 26.6 Å². The molecule has 0 spiro atoms. The fourth-order valence-corrected chi connectivity index (χ4v) is 2.45. The van der Waals surface area contributed by atoms with Gasteiger partial charge >= 0.3 is 11.9 Å². The van der Waals surface area contributed by atoms with Crippen molar-refractivity contribution < 1.29 is 39.4 Å². The van der Waals surface area contributed by atoms with Crippen LogP contribution in [0, 0.1) is 6.92 Å². The minimum atomic E-state index is -1.18. The van der Waals surface area contributed by atoms with Crippen molar-refractivity contribution >= 4 is 11.9 Å². The normalized spacial score (nSPS) is 10.6. The van der Waals surface area contributed by atoms with Crippen molar-refractivity contribution in [2.75, 3.05) is 13.2 Å². The summed E-state index contributed by atoms with van der Waals surface area (Å²) in [6, 6.07) is 11.8. The van der Waals surface area contributed by atoms with Gasteiger partial charge in [-0.05, 0) is 30.2 Å². The van der Waals surface area contributed by atoms with E-state index in [-0.39, 0.29) is 37.6 Å². The maximum Gasteiger partial charge on any atom is 0.339 e. The summed E-state index contributed by atoms with van der Waals surface area (Å²) in [5.41, 5.74) is 2.25. The Hall–Kier alpha value is -2.78. The van der Waals surface area contributed by atoms with Crippen molar-refractivity contribution in [1.29, 1.82) is 0 Å². The molecule has 0 aliphatic heterocycles. The lowest BCUT2D eigenvalue weighted by atomic mass is 10.0. The van der Waals surface area contributed by atoms with Crippen LogP contribution in [0.4, 0.5) is 0 Å². The number of carbonyl (C=O) groups excluding carboxylic acids is 1. The molecule has 28 heavy (non-hydrogen) atoms. The second kappa shape index (κ2) is 11.2. The van der Waals surface area contributed by atoms with Gasteiger partial charge in [-0.3, -0.25) is 5.26 Å². The average molecular weight is 390 g/mol. The third kappa shape index (κ3) is 6.43. The van der Waals surface area contributed by atoms with Crippen LogP contribution in [0.25, 0.3) is 0 Å². The number of aryl methyl sites for hydroxylation is 1. The van der Waals surface area contributed by atoms with E-state index in [0.29, 0.717) is 6.42 Å². The van der Waals surface area contributed by atoms with Crippen molar-refractivity contribution in [2.24, 2.45) is 0 Å². The van der Waals surface area contributed by atoms with E-state index in [1.54, 1.807) is 19.1 Å². The number of benzene rings is 2. The molecule has 0 heterocycles. The fourth-order valence-electron chi connectivity index (χ4n) is 2.45. The van der Waals surface area contributed by atoms with Gasteiger partial charge in [-0.15, -0.1) is 0 Å². The third-order valence-electron chi connectivity index (χ3n) is 3.87. The molecule has 0 aliphatic carbocycles. The monoisotopic (exact) mass is 390 g/mol. The number of esters is 1. The molecule has 0 unspecified atom stereocenters. The number of carboxylic acids is 1. The average Bonchev–Trinajstić information content (AvgIpc) is 2.68. The predicted octanol–water partition coefficient (Wildman–Crippen LogP) is 3.38. The summed E-state index contributed by atoms with van der Waals surface area (Å²) in [6.07, 6.45) is 0.376. The van der Waals surface area contributed by atoms with Gasteiger partial charge in [0.05, 0.1) is 24.3 Å². The summed E-state index contributed by atoms with van der Waals surface area (Å²) in [6.45, 7) is 2.21. The zero-order valence-electron chi connectivity index (χ0n) is 15.4. The molecular weight excluding hydrogens is 368 g/mol. The van der Waals surface area contributed by atoms with Crippen LogP contribution in [-0.4, -0.2) is 35.5 Å². The van der Waals surface area contributed by atoms with E-state index in [4.69, 9.17) is 19.8 Å². The highest BCUT2D eigenvalue weighted by Crippen LogP contribution is 2.14. The van der Waals surface area contributed by atoms with Crippen LogP contribution in [0.3, 0.4) is 0 Å². The van der Waals surface area contributed by atoms with E-state index in [0.717, 1.165) is 16.7 Å². The molecule has 0 amide bonds. The molecule has 0 bridgehead atoms. The molecule has 2 N–H and O–H groups in total. The van der Waals surface area contributed by atoms with Crippen LogP contribution >= 0.6 is 0 Å². The highest BCUT2D eigenvalue weighted by Gasteiger charge is 2.17. The molecule has 8 nitrogen and oxygen atoms in total. The van der Waals surface area contributed by atoms with Gasteiger partial charge in [-0.2, -0.15) is 0 Å². The lowest BCUT2D eigenvalue weighted by Gasteiger charge is -2.09. The summed E-state index contributed by atoms with van der Waals surface area (Å²) in [5, 5.41) is 17.7. The number of carbonyl (C=O) groups is 2. The van der Waals surface area contributed by atoms with Crippen molar-refractivity contribution in [3.63, 3.8) is 0 Å². The highest BCUT2D eigenvalue weighted by atomic mass is 17.2. The summed E-state index contributed by atoms with van der Waals surface area (Å²) >= 11 is 0. The second-order valence-electron chi connectivity index (χ2n) is 5.97. The zero-order chi connectivity index (χ0) is 20.4. The molecule has 8 heteroatoms. The van der Waals surface area contributed by atoms with Crippen molar-refractivity contribution in [3.8, 4) is 0 Å². The predicted molar refractivity (Wildman–Crippen MR) is 97.6 cm³/mol. The van der Waals surface area contributed by atoms with Crippen molar-refractivity contribution in [3.05, 3.63) is 70.3 Å². The van der Waals surface area contributed by atoms with Crippen LogP contribution in [-0.2, 0) is 32.6 Å². The molecule has 0 aliphatic rings. The Morgan fingerprint density at radius 2 is 1.64 bits per heavy atom. The Bertz CT molecular complexity index is 803. The molecule has 0 saturated carbocycles. The number of aromatic carboxylic acids is 1. The van der Waals surface area contributed by atoms with Gasteiger partial charge in [0, 0.05) is 6.42 Å². The number of carboxylic acid groups (broad SMARTS) is 1. The SMILES string of the molecule is Cc1ccc(C(=O)OCCCOOCc2ccccc2COO)c(C(=O)O)c1. The van der Waals surface area contributed by atoms with E-state index in [2.05, 4.69) is 4.89 Å². The lowest BCUT2D eigenvalue weighted by molar-refractivity contribution is -0.305. The lowest BCUT2D eigenvalue weighted by Crippen LogP contribution is -2.13. The van der Waals surface area contributed by atoms with Crippen LogP contribution in [0.5, 0.6) is 0 Å². The second-order valence-corrected chi connectivity index (χ2v) is 5.97. The first-order valence-corrected chi connectivity index (χ1v) is 8.61. The van der Waals surface area contributed by atoms with Gasteiger partial charge < -0.3 is 9.84 Å². The summed E-state index contributed by atoms with van der Waals surface area (Å²) in [5.74, 6) is -1.88. The fraction of sp³-hybridized carbons (Fsp3) is 0.300. The highest BCUT2D eigenvalue weighted by molar-refractivity contribution is 6.02. The molecule has 2 aromatic rings. The molecule has 2 rings (SSSR count). The standard InChI is InChI=1S/C20H22O8/c1-14-7-8-17(18(11-14)19(21)22)20(23)25-9-4-10-27-28-13-16-6-3-2-5-15(16)12-26-24/h2-3,5-8,11,24H,4,9-10,12-13H2,1H3,(H,21,22). The maximum absolute atomic E-state index is 12.1. The van der Waals surface area contributed by atoms with Crippen LogP contribution < -0.4 is 0 Å². The van der Waals surface area contributed by atoms with Gasteiger partial charge in [-0.25, -0.2) is 24.3 Å². The Labute approximate surface area is 162 Å². The number of hydrogen-bond acceptors (Lipinski definition) is 7. The summed E-state index contributed by atoms with van der Waals surface area (Å²) < 4.78 is 5.09. The van der Waals surface area contributed by atoms with Crippen LogP contribution in [0.15, 0.2) is 42.5 Å². The topological polar surface area (TPSA) is 112 Å². The van der Waals surface area contributed by atoms with E-state index >= 15 is 0 Å². The quantitative estimate of drug-likeness (QED) is 0.260. The Balaban J connectivity index is 1.70. The Kier molecular flexibility index (Phi) is 8.57. The molecular formula is C20H22O8. The third-order valence-corrected chi connectivity index (χ3v) is 3.87. The Morgan fingerprint density at radius 3 is 2.32 bits per heavy atom. The zero-order valence-corrected chi connectivity index (χ0v) is 15.4. The van der Waals surface area contributed by atoms with Gasteiger partial charge in [0.2, 0.25) is 0 Å². The molecule has 0 saturated heterocycles. The van der Waals surface area contributed by atoms with Gasteiger partial charge in [0.1, 0.15) is 13.2 Å². The number of rotatable bonds is 11. The molecule has 0 fully saturated rings. The van der Waals surface area contributed by atoms with E-state index in [1.165, 1.54) is 12.1 Å². The smallest absolute Gasteiger partial charge is 0.339 e. The van der Waals surface area contributed by atoms with Crippen LogP contribution in [0.2, 0.25) is 0 Å². The van der Waals surface area contributed by atoms with Gasteiger partial charge in [0.15, 0.2) is 0 Å². The van der Waals surface area contributed by atoms with Crippen LogP contribution in [0.1, 0.15) is 43.8 Å². The maximum atomic E-state index is 12.1. The molecule has 150 valence electrons.